The summed E-state index contributed by atoms with van der Waals surface area (Å²) >= 11 is 1.48. The third-order valence-electron chi connectivity index (χ3n) is 4.97. The average Bonchev–Trinajstić information content (AvgIpc) is 3.36. The predicted octanol–water partition coefficient (Wildman–Crippen LogP) is 5.15. The zero-order valence-electron chi connectivity index (χ0n) is 17.9. The summed E-state index contributed by atoms with van der Waals surface area (Å²) in [4.78, 5) is 13.6. The van der Waals surface area contributed by atoms with Crippen LogP contribution >= 0.6 is 11.3 Å². The minimum atomic E-state index is -0.174. The third-order valence-corrected chi connectivity index (χ3v) is 5.92. The molecule has 0 atom stereocenters. The molecule has 160 valence electrons. The van der Waals surface area contributed by atoms with Gasteiger partial charge in [0.2, 0.25) is 4.96 Å². The van der Waals surface area contributed by atoms with E-state index in [0.29, 0.717) is 17.9 Å². The molecule has 8 heteroatoms. The molecule has 4 rings (SSSR count). The second-order valence-electron chi connectivity index (χ2n) is 7.29. The number of aromatic nitrogens is 4. The Hall–Kier alpha value is -3.26. The number of amides is 1. The highest BCUT2D eigenvalue weighted by atomic mass is 32.1. The van der Waals surface area contributed by atoms with E-state index < -0.39 is 0 Å². The van der Waals surface area contributed by atoms with Crippen LogP contribution in [0.25, 0.3) is 15.5 Å². The smallest absolute Gasteiger partial charge is 0.255 e. The number of benzene rings is 2. The van der Waals surface area contributed by atoms with Crippen molar-refractivity contribution in [2.24, 2.45) is 0 Å². The van der Waals surface area contributed by atoms with E-state index in [0.717, 1.165) is 51.9 Å². The van der Waals surface area contributed by atoms with Gasteiger partial charge >= 0.3 is 0 Å². The molecule has 4 aromatic rings. The molecular weight excluding hydrogens is 410 g/mol. The van der Waals surface area contributed by atoms with Gasteiger partial charge in [-0.1, -0.05) is 49.8 Å². The Morgan fingerprint density at radius 3 is 2.84 bits per heavy atom. The number of nitrogens with one attached hydrogen (secondary N) is 1. The number of unbranched alkanes of at least 4 members (excludes halogenated alkanes) is 1. The number of fused-ring (bicyclic) bond motifs is 1. The van der Waals surface area contributed by atoms with Gasteiger partial charge in [-0.15, -0.1) is 10.2 Å². The van der Waals surface area contributed by atoms with Crippen molar-refractivity contribution in [3.63, 3.8) is 0 Å². The van der Waals surface area contributed by atoms with E-state index in [1.807, 2.05) is 44.2 Å². The maximum absolute atomic E-state index is 12.9. The Morgan fingerprint density at radius 2 is 2.03 bits per heavy atom. The Morgan fingerprint density at radius 1 is 1.16 bits per heavy atom. The predicted molar refractivity (Wildman–Crippen MR) is 123 cm³/mol. The molecule has 0 radical (unpaired) electrons. The molecule has 2 aromatic carbocycles. The molecular formula is C23H25N5O2S. The number of carbonyl (C=O) groups is 1. The van der Waals surface area contributed by atoms with Crippen molar-refractivity contribution >= 4 is 27.9 Å². The summed E-state index contributed by atoms with van der Waals surface area (Å²) in [6.45, 7) is 6.76. The molecule has 31 heavy (non-hydrogen) atoms. The number of rotatable bonds is 8. The van der Waals surface area contributed by atoms with E-state index in [2.05, 4.69) is 27.5 Å². The number of aryl methyl sites for hydroxylation is 2. The molecule has 0 fully saturated rings. The van der Waals surface area contributed by atoms with Crippen molar-refractivity contribution < 1.29 is 9.53 Å². The molecule has 1 amide bonds. The molecule has 1 N–H and O–H groups in total. The average molecular weight is 436 g/mol. The van der Waals surface area contributed by atoms with E-state index >= 15 is 0 Å². The monoisotopic (exact) mass is 435 g/mol. The third kappa shape index (κ3) is 4.59. The van der Waals surface area contributed by atoms with Crippen LogP contribution in [0.3, 0.4) is 0 Å². The van der Waals surface area contributed by atoms with Crippen LogP contribution in [0.5, 0.6) is 5.75 Å². The first kappa shape index (κ1) is 21.0. The van der Waals surface area contributed by atoms with Crippen molar-refractivity contribution in [3.05, 3.63) is 59.4 Å². The number of nitrogens with zero attached hydrogens (tertiary/aromatic N) is 4. The Balaban J connectivity index is 1.55. The lowest BCUT2D eigenvalue weighted by atomic mass is 10.1. The molecule has 7 nitrogen and oxygen atoms in total. The number of hydrogen-bond acceptors (Lipinski definition) is 6. The normalized spacial score (nSPS) is 11.1. The quantitative estimate of drug-likeness (QED) is 0.387. The summed E-state index contributed by atoms with van der Waals surface area (Å²) in [5.41, 5.74) is 3.21. The topological polar surface area (TPSA) is 81.4 Å². The maximum Gasteiger partial charge on any atom is 0.255 e. The molecule has 0 saturated heterocycles. The summed E-state index contributed by atoms with van der Waals surface area (Å²) in [5, 5.41) is 16.8. The molecule has 0 saturated carbocycles. The second-order valence-corrected chi connectivity index (χ2v) is 8.24. The van der Waals surface area contributed by atoms with Crippen molar-refractivity contribution in [2.75, 3.05) is 11.9 Å². The Bertz CT molecular complexity index is 1210. The van der Waals surface area contributed by atoms with Crippen molar-refractivity contribution in [2.45, 2.75) is 40.0 Å². The molecule has 0 unspecified atom stereocenters. The molecule has 0 spiro atoms. The Kier molecular flexibility index (Phi) is 6.27. The van der Waals surface area contributed by atoms with Crippen LogP contribution in [-0.4, -0.2) is 32.3 Å². The van der Waals surface area contributed by atoms with Gasteiger partial charge in [0.1, 0.15) is 10.8 Å². The largest absolute Gasteiger partial charge is 0.494 e. The summed E-state index contributed by atoms with van der Waals surface area (Å²) < 4.78 is 7.51. The van der Waals surface area contributed by atoms with Crippen LogP contribution in [0.4, 0.5) is 5.69 Å². The van der Waals surface area contributed by atoms with Crippen molar-refractivity contribution in [3.8, 4) is 16.3 Å². The zero-order chi connectivity index (χ0) is 21.8. The lowest BCUT2D eigenvalue weighted by Crippen LogP contribution is -2.13. The highest BCUT2D eigenvalue weighted by Gasteiger charge is 2.14. The van der Waals surface area contributed by atoms with Crippen LogP contribution in [0.1, 0.15) is 48.4 Å². The number of hydrogen-bond donors (Lipinski definition) is 1. The first-order valence-electron chi connectivity index (χ1n) is 10.5. The first-order chi connectivity index (χ1) is 15.1. The zero-order valence-corrected chi connectivity index (χ0v) is 18.7. The lowest BCUT2D eigenvalue weighted by Gasteiger charge is -2.11. The van der Waals surface area contributed by atoms with Crippen LogP contribution in [0.15, 0.2) is 42.5 Å². The molecule has 0 aliphatic carbocycles. The number of anilines is 1. The summed E-state index contributed by atoms with van der Waals surface area (Å²) in [6, 6.07) is 13.2. The van der Waals surface area contributed by atoms with Gasteiger partial charge in [0.05, 0.1) is 6.61 Å². The summed E-state index contributed by atoms with van der Waals surface area (Å²) in [7, 11) is 0. The highest BCUT2D eigenvalue weighted by Crippen LogP contribution is 2.29. The Labute approximate surface area is 185 Å². The second kappa shape index (κ2) is 9.26. The molecule has 2 heterocycles. The van der Waals surface area contributed by atoms with Gasteiger partial charge in [-0.2, -0.15) is 9.61 Å². The maximum atomic E-state index is 12.9. The van der Waals surface area contributed by atoms with Gasteiger partial charge in [0.25, 0.3) is 5.91 Å². The molecule has 2 aromatic heterocycles. The van der Waals surface area contributed by atoms with Crippen LogP contribution in [0.2, 0.25) is 0 Å². The summed E-state index contributed by atoms with van der Waals surface area (Å²) in [5.74, 6) is 1.37. The van der Waals surface area contributed by atoms with E-state index in [1.54, 1.807) is 16.6 Å². The fourth-order valence-electron chi connectivity index (χ4n) is 3.14. The van der Waals surface area contributed by atoms with E-state index in [-0.39, 0.29) is 5.91 Å². The highest BCUT2D eigenvalue weighted by molar-refractivity contribution is 7.19. The van der Waals surface area contributed by atoms with Gasteiger partial charge < -0.3 is 10.1 Å². The standard InChI is InChI=1S/C23H25N5O2S/c1-4-6-12-30-18-9-7-8-16(13-18)21(29)24-19-14-17(11-10-15(19)3)22-27-28-20(5-2)25-26-23(28)31-22/h7-11,13-14H,4-6,12H2,1-3H3,(H,24,29). The first-order valence-corrected chi connectivity index (χ1v) is 11.3. The number of ether oxygens (including phenoxy) is 1. The van der Waals surface area contributed by atoms with Gasteiger partial charge in [0.15, 0.2) is 5.82 Å². The minimum Gasteiger partial charge on any atom is -0.494 e. The van der Waals surface area contributed by atoms with E-state index in [1.165, 1.54) is 11.3 Å². The minimum absolute atomic E-state index is 0.174. The van der Waals surface area contributed by atoms with Gasteiger partial charge in [-0.3, -0.25) is 4.79 Å². The molecule has 0 aliphatic rings. The lowest BCUT2D eigenvalue weighted by molar-refractivity contribution is 0.102. The van der Waals surface area contributed by atoms with Gasteiger partial charge in [-0.05, 0) is 43.2 Å². The van der Waals surface area contributed by atoms with Crippen LogP contribution < -0.4 is 10.1 Å². The van der Waals surface area contributed by atoms with Crippen molar-refractivity contribution in [1.29, 1.82) is 0 Å². The summed E-state index contributed by atoms with van der Waals surface area (Å²) in [6.07, 6.45) is 2.82. The SMILES string of the molecule is CCCCOc1cccc(C(=O)Nc2cc(-c3nn4c(CC)nnc4s3)ccc2C)c1. The van der Waals surface area contributed by atoms with Crippen molar-refractivity contribution in [1.82, 2.24) is 19.8 Å². The molecule has 0 bridgehead atoms. The number of carbonyl (C=O) groups excluding carboxylic acids is 1. The molecule has 0 aliphatic heterocycles. The van der Waals surface area contributed by atoms with Gasteiger partial charge in [-0.25, -0.2) is 0 Å². The fourth-order valence-corrected chi connectivity index (χ4v) is 3.99. The van der Waals surface area contributed by atoms with E-state index in [4.69, 9.17) is 4.74 Å². The van der Waals surface area contributed by atoms with Crippen LogP contribution in [-0.2, 0) is 6.42 Å². The van der Waals surface area contributed by atoms with E-state index in [9.17, 15) is 4.79 Å². The van der Waals surface area contributed by atoms with Crippen LogP contribution in [0, 0.1) is 6.92 Å². The van der Waals surface area contributed by atoms with Gasteiger partial charge in [0, 0.05) is 23.2 Å². The fraction of sp³-hybridized carbons (Fsp3) is 0.304.